The summed E-state index contributed by atoms with van der Waals surface area (Å²) in [7, 11) is 0. The maximum atomic E-state index is 14.8. The van der Waals surface area contributed by atoms with Gasteiger partial charge in [-0.15, -0.1) is 0 Å². The van der Waals surface area contributed by atoms with E-state index >= 15 is 0 Å². The SMILES string of the molecule is NC(=O)C(O)Nc1ccc(N2CCN(CCO[C@H]3CC[C@H](SCc4nc5cc(OCC6CC6)cc(F)c5c(=O)[nH]4)CC3)CC2)c(F)c1. The van der Waals surface area contributed by atoms with Gasteiger partial charge in [-0.3, -0.25) is 14.5 Å². The van der Waals surface area contributed by atoms with Crippen LogP contribution in [-0.4, -0.2) is 89.4 Å². The van der Waals surface area contributed by atoms with E-state index in [1.165, 1.54) is 12.1 Å². The Labute approximate surface area is 276 Å². The van der Waals surface area contributed by atoms with Crippen molar-refractivity contribution in [2.75, 3.05) is 56.2 Å². The van der Waals surface area contributed by atoms with Crippen molar-refractivity contribution in [2.24, 2.45) is 11.7 Å². The van der Waals surface area contributed by atoms with Crippen LogP contribution >= 0.6 is 11.8 Å². The van der Waals surface area contributed by atoms with E-state index in [1.54, 1.807) is 30.0 Å². The summed E-state index contributed by atoms with van der Waals surface area (Å²) in [5, 5.41) is 12.4. The third kappa shape index (κ3) is 8.92. The van der Waals surface area contributed by atoms with Crippen molar-refractivity contribution in [3.05, 3.63) is 58.1 Å². The molecule has 1 atom stereocenters. The van der Waals surface area contributed by atoms with Crippen molar-refractivity contribution in [3.8, 4) is 5.75 Å². The molecule has 254 valence electrons. The second kappa shape index (κ2) is 15.2. The second-order valence-electron chi connectivity index (χ2n) is 12.6. The third-order valence-electron chi connectivity index (χ3n) is 9.04. The zero-order valence-electron chi connectivity index (χ0n) is 26.3. The Morgan fingerprint density at radius 3 is 2.55 bits per heavy atom. The monoisotopic (exact) mass is 672 g/mol. The van der Waals surface area contributed by atoms with Gasteiger partial charge < -0.3 is 35.5 Å². The molecule has 0 radical (unpaired) electrons. The van der Waals surface area contributed by atoms with Gasteiger partial charge >= 0.3 is 0 Å². The first-order valence-electron chi connectivity index (χ1n) is 16.3. The van der Waals surface area contributed by atoms with Gasteiger partial charge in [0.2, 0.25) is 6.23 Å². The van der Waals surface area contributed by atoms with E-state index in [0.29, 0.717) is 66.0 Å². The number of aliphatic hydroxyl groups excluding tert-OH is 1. The largest absolute Gasteiger partial charge is 0.493 e. The van der Waals surface area contributed by atoms with Gasteiger partial charge in [-0.1, -0.05) is 0 Å². The molecule has 3 fully saturated rings. The van der Waals surface area contributed by atoms with Crippen LogP contribution in [0.4, 0.5) is 20.2 Å². The molecule has 5 N–H and O–H groups in total. The predicted octanol–water partition coefficient (Wildman–Crippen LogP) is 3.59. The number of ether oxygens (including phenoxy) is 2. The highest BCUT2D eigenvalue weighted by Crippen LogP contribution is 2.33. The number of nitrogens with zero attached hydrogens (tertiary/aromatic N) is 3. The first-order valence-corrected chi connectivity index (χ1v) is 17.4. The summed E-state index contributed by atoms with van der Waals surface area (Å²) in [6.07, 6.45) is 4.90. The Hall–Kier alpha value is -3.46. The lowest BCUT2D eigenvalue weighted by Crippen LogP contribution is -2.47. The van der Waals surface area contributed by atoms with Crippen molar-refractivity contribution in [2.45, 2.75) is 61.9 Å². The Balaban J connectivity index is 0.890. The van der Waals surface area contributed by atoms with Gasteiger partial charge in [-0.25, -0.2) is 13.8 Å². The molecule has 0 spiro atoms. The molecule has 1 amide bonds. The van der Waals surface area contributed by atoms with Gasteiger partial charge in [0.15, 0.2) is 0 Å². The molecule has 1 saturated heterocycles. The average molecular weight is 673 g/mol. The van der Waals surface area contributed by atoms with Crippen LogP contribution in [0.15, 0.2) is 35.1 Å². The van der Waals surface area contributed by atoms with Crippen LogP contribution in [0.3, 0.4) is 0 Å². The highest BCUT2D eigenvalue weighted by molar-refractivity contribution is 7.99. The van der Waals surface area contributed by atoms with Crippen LogP contribution < -0.4 is 26.2 Å². The normalized spacial score (nSPS) is 21.1. The van der Waals surface area contributed by atoms with E-state index < -0.39 is 29.3 Å². The summed E-state index contributed by atoms with van der Waals surface area (Å²) < 4.78 is 41.3. The van der Waals surface area contributed by atoms with Gasteiger partial charge in [-0.05, 0) is 62.6 Å². The molecular weight excluding hydrogens is 630 g/mol. The molecular formula is C33H42F2N6O5S. The van der Waals surface area contributed by atoms with Crippen molar-refractivity contribution in [1.29, 1.82) is 0 Å². The minimum atomic E-state index is -1.58. The first kappa shape index (κ1) is 33.4. The van der Waals surface area contributed by atoms with Crippen LogP contribution in [0.2, 0.25) is 0 Å². The summed E-state index contributed by atoms with van der Waals surface area (Å²) in [5.41, 5.74) is 5.66. The van der Waals surface area contributed by atoms with Crippen molar-refractivity contribution in [1.82, 2.24) is 14.9 Å². The number of H-pyrrole nitrogens is 1. The van der Waals surface area contributed by atoms with Crippen molar-refractivity contribution < 1.29 is 28.2 Å². The minimum absolute atomic E-state index is 0.0320. The topological polar surface area (TPSA) is 146 Å². The molecule has 2 saturated carbocycles. The number of carbonyl (C=O) groups is 1. The zero-order valence-corrected chi connectivity index (χ0v) is 27.1. The number of amides is 1. The first-order chi connectivity index (χ1) is 22.7. The van der Waals surface area contributed by atoms with Gasteiger partial charge in [-0.2, -0.15) is 11.8 Å². The number of primary amides is 1. The number of nitrogens with two attached hydrogens (primary N) is 1. The molecule has 3 aromatic rings. The van der Waals surface area contributed by atoms with Crippen LogP contribution in [0.25, 0.3) is 10.9 Å². The van der Waals surface area contributed by atoms with Crippen LogP contribution in [-0.2, 0) is 15.3 Å². The lowest BCUT2D eigenvalue weighted by Gasteiger charge is -2.36. The molecule has 2 aromatic carbocycles. The van der Waals surface area contributed by atoms with E-state index in [1.807, 2.05) is 4.90 Å². The summed E-state index contributed by atoms with van der Waals surface area (Å²) in [5.74, 6) is 0.0653. The quantitative estimate of drug-likeness (QED) is 0.188. The van der Waals surface area contributed by atoms with Crippen LogP contribution in [0.5, 0.6) is 5.75 Å². The maximum absolute atomic E-state index is 14.8. The summed E-state index contributed by atoms with van der Waals surface area (Å²) in [4.78, 5) is 35.3. The van der Waals surface area contributed by atoms with E-state index in [9.17, 15) is 23.5 Å². The molecule has 11 nitrogen and oxygen atoms in total. The molecule has 3 aliphatic rings. The molecule has 1 aromatic heterocycles. The number of thioether (sulfide) groups is 1. The summed E-state index contributed by atoms with van der Waals surface area (Å²) >= 11 is 1.76. The number of aromatic nitrogens is 2. The molecule has 6 rings (SSSR count). The van der Waals surface area contributed by atoms with Crippen molar-refractivity contribution in [3.63, 3.8) is 0 Å². The Bertz CT molecular complexity index is 1610. The zero-order chi connectivity index (χ0) is 32.9. The van der Waals surface area contributed by atoms with Crippen molar-refractivity contribution >= 4 is 39.9 Å². The predicted molar refractivity (Wildman–Crippen MR) is 178 cm³/mol. The van der Waals surface area contributed by atoms with Gasteiger partial charge in [0.25, 0.3) is 11.5 Å². The number of carbonyl (C=O) groups excluding carboxylic acids is 1. The molecule has 1 aliphatic heterocycles. The number of halogens is 2. The number of rotatable bonds is 14. The number of anilines is 2. The van der Waals surface area contributed by atoms with E-state index in [-0.39, 0.29) is 17.2 Å². The van der Waals surface area contributed by atoms with Gasteiger partial charge in [0.1, 0.15) is 28.6 Å². The standard InChI is InChI=1S/C33H42F2N6O5S/c34-25-15-21(37-33(44)31(36)42)3-8-28(25)41-11-9-40(10-12-41)13-14-45-22-4-6-24(7-5-22)47-19-29-38-27-17-23(46-18-20-1-2-20)16-26(35)30(27)32(43)39-29/h3,8,15-17,20,22,24,33,37,44H,1-2,4-7,9-14,18-19H2,(H2,36,42)(H,38,39,43)/t22-,24-,33?. The smallest absolute Gasteiger partial charge is 0.267 e. The van der Waals surface area contributed by atoms with E-state index in [0.717, 1.165) is 58.2 Å². The number of piperazine rings is 1. The van der Waals surface area contributed by atoms with Gasteiger partial charge in [0.05, 0.1) is 36.3 Å². The summed E-state index contributed by atoms with van der Waals surface area (Å²) in [6.45, 7) is 4.96. The average Bonchev–Trinajstić information content (AvgIpc) is 3.88. The number of nitrogens with one attached hydrogen (secondary N) is 2. The molecule has 2 aliphatic carbocycles. The fourth-order valence-corrected chi connectivity index (χ4v) is 7.24. The molecule has 47 heavy (non-hydrogen) atoms. The van der Waals surface area contributed by atoms with Crippen LogP contribution in [0, 0.1) is 17.6 Å². The number of hydrogen-bond donors (Lipinski definition) is 4. The highest BCUT2D eigenvalue weighted by Gasteiger charge is 2.25. The second-order valence-corrected chi connectivity index (χ2v) is 13.9. The van der Waals surface area contributed by atoms with Crippen LogP contribution in [0.1, 0.15) is 44.3 Å². The Morgan fingerprint density at radius 1 is 1.09 bits per heavy atom. The lowest BCUT2D eigenvalue weighted by atomic mass is 9.97. The number of hydrogen-bond acceptors (Lipinski definition) is 10. The third-order valence-corrected chi connectivity index (χ3v) is 10.4. The highest BCUT2D eigenvalue weighted by atomic mass is 32.2. The minimum Gasteiger partial charge on any atom is -0.493 e. The van der Waals surface area contributed by atoms with Gasteiger partial charge in [0, 0.05) is 55.8 Å². The fraction of sp³-hybridized carbons (Fsp3) is 0.545. The number of aromatic amines is 1. The van der Waals surface area contributed by atoms with E-state index in [2.05, 4.69) is 20.2 Å². The Kier molecular flexibility index (Phi) is 10.8. The number of benzene rings is 2. The molecule has 0 bridgehead atoms. The lowest BCUT2D eigenvalue weighted by molar-refractivity contribution is -0.124. The maximum Gasteiger partial charge on any atom is 0.267 e. The Morgan fingerprint density at radius 2 is 1.85 bits per heavy atom. The number of fused-ring (bicyclic) bond motifs is 1. The van der Waals surface area contributed by atoms with E-state index in [4.69, 9.17) is 15.2 Å². The molecule has 14 heteroatoms. The fourth-order valence-electron chi connectivity index (χ4n) is 6.10. The molecule has 2 heterocycles. The summed E-state index contributed by atoms with van der Waals surface area (Å²) in [6, 6.07) is 7.43. The molecule has 1 unspecified atom stereocenters. The number of aliphatic hydroxyl groups is 1.